The van der Waals surface area contributed by atoms with Crippen molar-refractivity contribution in [3.63, 3.8) is 0 Å². The van der Waals surface area contributed by atoms with Gasteiger partial charge >= 0.3 is 6.09 Å². The molecule has 8 heteroatoms. The number of benzene rings is 1. The van der Waals surface area contributed by atoms with Crippen molar-refractivity contribution in [2.24, 2.45) is 0 Å². The van der Waals surface area contributed by atoms with Crippen molar-refractivity contribution in [3.8, 4) is 11.1 Å². The minimum absolute atomic E-state index is 0.134. The van der Waals surface area contributed by atoms with Gasteiger partial charge in [-0.1, -0.05) is 12.1 Å². The predicted molar refractivity (Wildman–Crippen MR) is 111 cm³/mol. The second-order valence-corrected chi connectivity index (χ2v) is 8.45. The van der Waals surface area contributed by atoms with Crippen molar-refractivity contribution in [1.29, 1.82) is 0 Å². The third kappa shape index (κ3) is 5.77. The zero-order valence-corrected chi connectivity index (χ0v) is 18.2. The average molecular weight is 434 g/mol. The lowest BCUT2D eigenvalue weighted by molar-refractivity contribution is -0.0830. The summed E-state index contributed by atoms with van der Waals surface area (Å²) < 4.78 is 44.9. The van der Waals surface area contributed by atoms with E-state index in [4.69, 9.17) is 14.2 Å². The number of hydrogen-bond donors (Lipinski definition) is 0. The van der Waals surface area contributed by atoms with Crippen LogP contribution in [0, 0.1) is 11.6 Å². The van der Waals surface area contributed by atoms with Crippen LogP contribution >= 0.6 is 0 Å². The van der Waals surface area contributed by atoms with E-state index in [2.05, 4.69) is 4.98 Å². The number of pyridine rings is 1. The van der Waals surface area contributed by atoms with E-state index in [1.807, 2.05) is 0 Å². The predicted octanol–water partition coefficient (Wildman–Crippen LogP) is 4.57. The van der Waals surface area contributed by atoms with Crippen LogP contribution in [-0.4, -0.2) is 54.0 Å². The van der Waals surface area contributed by atoms with Crippen LogP contribution in [0.3, 0.4) is 0 Å². The van der Waals surface area contributed by atoms with Gasteiger partial charge in [-0.15, -0.1) is 0 Å². The van der Waals surface area contributed by atoms with E-state index in [0.29, 0.717) is 30.9 Å². The summed E-state index contributed by atoms with van der Waals surface area (Å²) in [6.07, 6.45) is 1.35. The third-order valence-corrected chi connectivity index (χ3v) is 5.00. The highest BCUT2D eigenvalue weighted by Gasteiger charge is 2.36. The van der Waals surface area contributed by atoms with Gasteiger partial charge in [0.15, 0.2) is 0 Å². The van der Waals surface area contributed by atoms with Crippen LogP contribution in [0.1, 0.15) is 32.9 Å². The molecule has 0 spiro atoms. The molecule has 0 N–H and O–H groups in total. The van der Waals surface area contributed by atoms with Gasteiger partial charge in [0.05, 0.1) is 36.6 Å². The van der Waals surface area contributed by atoms with E-state index in [0.717, 1.165) is 0 Å². The number of methoxy groups -OCH3 is 1. The Balaban J connectivity index is 1.86. The molecule has 2 atom stereocenters. The Morgan fingerprint density at radius 1 is 1.23 bits per heavy atom. The quantitative estimate of drug-likeness (QED) is 0.690. The van der Waals surface area contributed by atoms with Gasteiger partial charge < -0.3 is 14.2 Å². The van der Waals surface area contributed by atoms with Crippen LogP contribution in [-0.2, 0) is 20.8 Å². The molecular weight excluding hydrogens is 406 g/mol. The number of carbonyl (C=O) groups is 1. The monoisotopic (exact) mass is 434 g/mol. The molecule has 1 aliphatic rings. The van der Waals surface area contributed by atoms with Crippen molar-refractivity contribution in [2.75, 3.05) is 20.3 Å². The molecule has 0 aliphatic carbocycles. The van der Waals surface area contributed by atoms with Gasteiger partial charge in [0, 0.05) is 25.5 Å². The summed E-state index contributed by atoms with van der Waals surface area (Å²) in [6, 6.07) is 6.59. The zero-order chi connectivity index (χ0) is 22.6. The van der Waals surface area contributed by atoms with Crippen LogP contribution in [0.4, 0.5) is 13.6 Å². The lowest BCUT2D eigenvalue weighted by atomic mass is 10.0. The Labute approximate surface area is 181 Å². The molecule has 1 unspecified atom stereocenters. The molecule has 1 amide bonds. The first kappa shape index (κ1) is 23.1. The van der Waals surface area contributed by atoms with Crippen LogP contribution in [0.5, 0.6) is 0 Å². The summed E-state index contributed by atoms with van der Waals surface area (Å²) in [5, 5.41) is 0. The number of ether oxygens (including phenoxy) is 3. The van der Waals surface area contributed by atoms with Crippen LogP contribution in [0.2, 0.25) is 0 Å². The fourth-order valence-corrected chi connectivity index (χ4v) is 3.52. The van der Waals surface area contributed by atoms with Gasteiger partial charge in [-0.2, -0.15) is 0 Å². The highest BCUT2D eigenvalue weighted by atomic mass is 19.1. The van der Waals surface area contributed by atoms with Gasteiger partial charge in [-0.25, -0.2) is 13.6 Å². The molecule has 1 aromatic heterocycles. The molecule has 1 aliphatic heterocycles. The number of rotatable bonds is 5. The highest BCUT2D eigenvalue weighted by Crippen LogP contribution is 2.26. The molecule has 31 heavy (non-hydrogen) atoms. The van der Waals surface area contributed by atoms with Gasteiger partial charge in [-0.05, 0) is 45.4 Å². The SMILES string of the molecule is CO[C@@H]1CCOCC1N(Cc1ccc(-c2c(F)cccc2F)cn1)C(=O)OC(C)(C)C. The van der Waals surface area contributed by atoms with E-state index >= 15 is 0 Å². The van der Waals surface area contributed by atoms with E-state index in [1.165, 1.54) is 24.4 Å². The third-order valence-electron chi connectivity index (χ3n) is 5.00. The highest BCUT2D eigenvalue weighted by molar-refractivity contribution is 5.69. The maximum absolute atomic E-state index is 14.1. The average Bonchev–Trinajstić information content (AvgIpc) is 2.71. The van der Waals surface area contributed by atoms with Crippen molar-refractivity contribution in [3.05, 3.63) is 53.9 Å². The van der Waals surface area contributed by atoms with Crippen LogP contribution < -0.4 is 0 Å². The van der Waals surface area contributed by atoms with Crippen LogP contribution in [0.25, 0.3) is 11.1 Å². The summed E-state index contributed by atoms with van der Waals surface area (Å²) in [5.74, 6) is -1.32. The molecule has 0 bridgehead atoms. The summed E-state index contributed by atoms with van der Waals surface area (Å²) in [7, 11) is 1.60. The maximum atomic E-state index is 14.1. The first-order valence-corrected chi connectivity index (χ1v) is 10.2. The maximum Gasteiger partial charge on any atom is 0.411 e. The van der Waals surface area contributed by atoms with Gasteiger partial charge in [-0.3, -0.25) is 9.88 Å². The summed E-state index contributed by atoms with van der Waals surface area (Å²) >= 11 is 0. The molecule has 3 rings (SSSR count). The summed E-state index contributed by atoms with van der Waals surface area (Å²) in [4.78, 5) is 18.9. The van der Waals surface area contributed by atoms with E-state index in [-0.39, 0.29) is 24.3 Å². The minimum atomic E-state index is -0.674. The molecule has 1 fully saturated rings. The summed E-state index contributed by atoms with van der Waals surface area (Å²) in [6.45, 7) is 6.40. The summed E-state index contributed by atoms with van der Waals surface area (Å²) in [5.41, 5.74) is 0.0592. The molecule has 2 heterocycles. The molecule has 6 nitrogen and oxygen atoms in total. The topological polar surface area (TPSA) is 60.9 Å². The molecule has 0 saturated carbocycles. The largest absolute Gasteiger partial charge is 0.444 e. The Bertz CT molecular complexity index is 879. The van der Waals surface area contributed by atoms with Crippen molar-refractivity contribution < 1.29 is 27.8 Å². The fraction of sp³-hybridized carbons (Fsp3) is 0.478. The number of carbonyl (C=O) groups excluding carboxylic acids is 1. The molecular formula is C23H28F2N2O4. The number of aromatic nitrogens is 1. The second kappa shape index (κ2) is 9.70. The first-order valence-electron chi connectivity index (χ1n) is 10.2. The smallest absolute Gasteiger partial charge is 0.411 e. The van der Waals surface area contributed by atoms with Gasteiger partial charge in [0.2, 0.25) is 0 Å². The molecule has 1 aromatic carbocycles. The number of nitrogens with zero attached hydrogens (tertiary/aromatic N) is 2. The Kier molecular flexibility index (Phi) is 7.23. The van der Waals surface area contributed by atoms with Crippen molar-refractivity contribution in [1.82, 2.24) is 9.88 Å². The second-order valence-electron chi connectivity index (χ2n) is 8.45. The Morgan fingerprint density at radius 2 is 1.94 bits per heavy atom. The van der Waals surface area contributed by atoms with Crippen molar-refractivity contribution in [2.45, 2.75) is 51.5 Å². The molecule has 1 saturated heterocycles. The number of amides is 1. The van der Waals surface area contributed by atoms with Gasteiger partial charge in [0.25, 0.3) is 0 Å². The Hall–Kier alpha value is -2.58. The Morgan fingerprint density at radius 3 is 2.52 bits per heavy atom. The lowest BCUT2D eigenvalue weighted by Crippen LogP contribution is -2.53. The number of halogens is 2. The first-order chi connectivity index (χ1) is 14.7. The molecule has 168 valence electrons. The molecule has 2 aromatic rings. The zero-order valence-electron chi connectivity index (χ0n) is 18.2. The fourth-order valence-electron chi connectivity index (χ4n) is 3.52. The standard InChI is InChI=1S/C23H28F2N2O4/c1-23(2,3)31-22(28)27(19-14-30-11-10-20(19)29-4)13-16-9-8-15(12-26-16)21-17(24)6-5-7-18(21)25/h5-9,12,19-20H,10-11,13-14H2,1-4H3/t19?,20-/m1/s1. The van der Waals surface area contributed by atoms with E-state index in [1.54, 1.807) is 44.9 Å². The lowest BCUT2D eigenvalue weighted by Gasteiger charge is -2.39. The van der Waals surface area contributed by atoms with E-state index in [9.17, 15) is 13.6 Å². The van der Waals surface area contributed by atoms with Gasteiger partial charge in [0.1, 0.15) is 17.2 Å². The normalized spacial score (nSPS) is 19.2. The van der Waals surface area contributed by atoms with Crippen molar-refractivity contribution >= 4 is 6.09 Å². The number of hydrogen-bond acceptors (Lipinski definition) is 5. The minimum Gasteiger partial charge on any atom is -0.444 e. The molecule has 0 radical (unpaired) electrons. The van der Waals surface area contributed by atoms with Crippen LogP contribution in [0.15, 0.2) is 36.5 Å². The van der Waals surface area contributed by atoms with E-state index < -0.39 is 23.3 Å².